The van der Waals surface area contributed by atoms with E-state index >= 15 is 0 Å². The van der Waals surface area contributed by atoms with Gasteiger partial charge in [0.05, 0.1) is 0 Å². The molecule has 3 rings (SSSR count). The van der Waals surface area contributed by atoms with Crippen molar-refractivity contribution in [3.8, 4) is 22.5 Å². The fraction of sp³-hybridized carbons (Fsp3) is 0. The Balaban J connectivity index is 0.00000147. The number of carbonyl (C=O) groups excluding carboxylic acids is 1. The van der Waals surface area contributed by atoms with Crippen molar-refractivity contribution in [1.82, 2.24) is 20.6 Å². The minimum absolute atomic E-state index is 0. The molecule has 0 saturated heterocycles. The summed E-state index contributed by atoms with van der Waals surface area (Å²) < 4.78 is 0. The molecule has 20 heavy (non-hydrogen) atoms. The maximum absolute atomic E-state index is 10.7. The van der Waals surface area contributed by atoms with Gasteiger partial charge in [-0.25, -0.2) is 5.10 Å². The van der Waals surface area contributed by atoms with Crippen LogP contribution in [0, 0.1) is 0 Å². The van der Waals surface area contributed by atoms with E-state index in [-0.39, 0.29) is 18.9 Å². The molecular formula is C14H10LiN4O. The second kappa shape index (κ2) is 6.29. The Morgan fingerprint density at radius 3 is 2.25 bits per heavy atom. The van der Waals surface area contributed by atoms with Gasteiger partial charge >= 0.3 is 0 Å². The molecule has 1 radical (unpaired) electrons. The first-order valence-electron chi connectivity index (χ1n) is 5.77. The molecule has 0 unspecified atom stereocenters. The first-order chi connectivity index (χ1) is 9.38. The van der Waals surface area contributed by atoms with Gasteiger partial charge < -0.3 is 0 Å². The molecule has 0 bridgehead atoms. The van der Waals surface area contributed by atoms with Crippen molar-refractivity contribution >= 4 is 25.1 Å². The number of aromatic nitrogens is 4. The van der Waals surface area contributed by atoms with Crippen molar-refractivity contribution < 1.29 is 4.79 Å². The van der Waals surface area contributed by atoms with Crippen molar-refractivity contribution in [1.29, 1.82) is 0 Å². The Morgan fingerprint density at radius 2 is 1.65 bits per heavy atom. The molecule has 0 fully saturated rings. The van der Waals surface area contributed by atoms with Gasteiger partial charge in [0, 0.05) is 30.0 Å². The third kappa shape index (κ3) is 2.69. The zero-order valence-electron chi connectivity index (χ0n) is 10.9. The van der Waals surface area contributed by atoms with E-state index in [0.717, 1.165) is 23.0 Å². The second-order valence-electron chi connectivity index (χ2n) is 4.04. The Kier molecular flexibility index (Phi) is 4.46. The minimum atomic E-state index is 0. The summed E-state index contributed by atoms with van der Waals surface area (Å²) in [5.41, 5.74) is 3.60. The third-order valence-corrected chi connectivity index (χ3v) is 2.89. The summed E-state index contributed by atoms with van der Waals surface area (Å²) in [7, 11) is 0. The summed E-state index contributed by atoms with van der Waals surface area (Å²) >= 11 is 0. The maximum atomic E-state index is 10.7. The van der Waals surface area contributed by atoms with Crippen LogP contribution in [0.25, 0.3) is 22.5 Å². The third-order valence-electron chi connectivity index (χ3n) is 2.89. The Morgan fingerprint density at radius 1 is 0.950 bits per heavy atom. The van der Waals surface area contributed by atoms with Gasteiger partial charge in [-0.2, -0.15) is 0 Å². The number of rotatable bonds is 3. The first-order valence-corrected chi connectivity index (χ1v) is 5.77. The van der Waals surface area contributed by atoms with Gasteiger partial charge in [-0.3, -0.25) is 4.79 Å². The van der Waals surface area contributed by atoms with Gasteiger partial charge in [-0.1, -0.05) is 48.5 Å². The SMILES string of the molecule is O=Cc1ccc(-c2ccccc2-c2nnn[nH]2)cc1.[Li]. The molecule has 1 N–H and O–H groups in total. The van der Waals surface area contributed by atoms with Crippen LogP contribution in [0.5, 0.6) is 0 Å². The molecule has 0 aliphatic heterocycles. The van der Waals surface area contributed by atoms with E-state index in [1.165, 1.54) is 0 Å². The number of H-pyrrole nitrogens is 1. The number of nitrogens with one attached hydrogen (secondary N) is 1. The van der Waals surface area contributed by atoms with Crippen LogP contribution in [-0.4, -0.2) is 45.8 Å². The number of benzene rings is 2. The predicted octanol–water partition coefficient (Wildman–Crippen LogP) is 1.97. The molecule has 0 aliphatic carbocycles. The van der Waals surface area contributed by atoms with Gasteiger partial charge in [-0.05, 0) is 21.6 Å². The first kappa shape index (κ1) is 14.2. The summed E-state index contributed by atoms with van der Waals surface area (Å²) in [5, 5.41) is 13.9. The number of aldehydes is 1. The van der Waals surface area contributed by atoms with E-state index in [9.17, 15) is 4.79 Å². The van der Waals surface area contributed by atoms with Crippen molar-refractivity contribution in [3.05, 3.63) is 54.1 Å². The minimum Gasteiger partial charge on any atom is -0.298 e. The molecule has 5 nitrogen and oxygen atoms in total. The van der Waals surface area contributed by atoms with Crippen LogP contribution in [0.2, 0.25) is 0 Å². The Labute approximate surface area is 127 Å². The van der Waals surface area contributed by atoms with E-state index in [1.54, 1.807) is 12.1 Å². The summed E-state index contributed by atoms with van der Waals surface area (Å²) in [6, 6.07) is 15.2. The largest absolute Gasteiger partial charge is 0.298 e. The van der Waals surface area contributed by atoms with Crippen LogP contribution in [0.4, 0.5) is 0 Å². The molecule has 93 valence electrons. The molecule has 0 spiro atoms. The van der Waals surface area contributed by atoms with Crippen molar-refractivity contribution in [2.24, 2.45) is 0 Å². The molecule has 2 aromatic carbocycles. The Bertz CT molecular complexity index is 695. The van der Waals surface area contributed by atoms with Crippen molar-refractivity contribution in [3.63, 3.8) is 0 Å². The molecule has 1 aromatic heterocycles. The van der Waals surface area contributed by atoms with E-state index in [0.29, 0.717) is 11.4 Å². The topological polar surface area (TPSA) is 71.5 Å². The number of hydrogen-bond acceptors (Lipinski definition) is 4. The number of nitrogens with zero attached hydrogens (tertiary/aromatic N) is 3. The van der Waals surface area contributed by atoms with Crippen LogP contribution in [0.1, 0.15) is 10.4 Å². The van der Waals surface area contributed by atoms with Crippen LogP contribution in [-0.2, 0) is 0 Å². The van der Waals surface area contributed by atoms with Crippen LogP contribution < -0.4 is 0 Å². The van der Waals surface area contributed by atoms with E-state index in [2.05, 4.69) is 20.6 Å². The summed E-state index contributed by atoms with van der Waals surface area (Å²) in [4.78, 5) is 10.7. The summed E-state index contributed by atoms with van der Waals surface area (Å²) in [6.45, 7) is 0. The number of aromatic amines is 1. The van der Waals surface area contributed by atoms with Gasteiger partial charge in [0.2, 0.25) is 0 Å². The zero-order chi connectivity index (χ0) is 13.1. The Hall–Kier alpha value is -2.22. The van der Waals surface area contributed by atoms with E-state index in [1.807, 2.05) is 36.4 Å². The van der Waals surface area contributed by atoms with E-state index < -0.39 is 0 Å². The van der Waals surface area contributed by atoms with Crippen LogP contribution in [0.3, 0.4) is 0 Å². The average Bonchev–Trinajstić information content (AvgIpc) is 3.01. The fourth-order valence-corrected chi connectivity index (χ4v) is 1.96. The molecule has 0 saturated carbocycles. The monoisotopic (exact) mass is 257 g/mol. The number of hydrogen-bond donors (Lipinski definition) is 1. The number of carbonyl (C=O) groups is 1. The van der Waals surface area contributed by atoms with Gasteiger partial charge in [0.25, 0.3) is 0 Å². The van der Waals surface area contributed by atoms with Crippen molar-refractivity contribution in [2.45, 2.75) is 0 Å². The molecule has 0 atom stereocenters. The normalized spacial score (nSPS) is 9.80. The standard InChI is InChI=1S/C14H10N4O.Li/c19-9-10-5-7-11(8-6-10)12-3-1-2-4-13(12)14-15-17-18-16-14;/h1-9H,(H,15,16,17,18);. The molecule has 6 heteroatoms. The molecule has 3 aromatic rings. The second-order valence-corrected chi connectivity index (χ2v) is 4.04. The van der Waals surface area contributed by atoms with E-state index in [4.69, 9.17) is 0 Å². The predicted molar refractivity (Wildman–Crippen MR) is 76.2 cm³/mol. The fourth-order valence-electron chi connectivity index (χ4n) is 1.96. The van der Waals surface area contributed by atoms with Crippen molar-refractivity contribution in [2.75, 3.05) is 0 Å². The van der Waals surface area contributed by atoms with Crippen LogP contribution in [0.15, 0.2) is 48.5 Å². The molecule has 0 amide bonds. The summed E-state index contributed by atoms with van der Waals surface area (Å²) in [5.74, 6) is 0.620. The van der Waals surface area contributed by atoms with Gasteiger partial charge in [-0.15, -0.1) is 5.10 Å². The smallest absolute Gasteiger partial charge is 0.180 e. The van der Waals surface area contributed by atoms with Gasteiger partial charge in [0.1, 0.15) is 6.29 Å². The quantitative estimate of drug-likeness (QED) is 0.575. The van der Waals surface area contributed by atoms with Crippen LogP contribution >= 0.6 is 0 Å². The molecule has 1 heterocycles. The maximum Gasteiger partial charge on any atom is 0.180 e. The summed E-state index contributed by atoms with van der Waals surface area (Å²) in [6.07, 6.45) is 0.829. The molecule has 0 aliphatic rings. The number of tetrazole rings is 1. The average molecular weight is 257 g/mol. The van der Waals surface area contributed by atoms with Gasteiger partial charge in [0.15, 0.2) is 5.82 Å². The molecular weight excluding hydrogens is 247 g/mol. The zero-order valence-corrected chi connectivity index (χ0v) is 10.9.